The number of hydrogen-bond donors (Lipinski definition) is 1. The normalized spacial score (nSPS) is 15.7. The minimum absolute atomic E-state index is 0.111. The van der Waals surface area contributed by atoms with Crippen molar-refractivity contribution in [2.75, 3.05) is 12.8 Å². The first kappa shape index (κ1) is 9.91. The fourth-order valence-corrected chi connectivity index (χ4v) is 2.28. The molecule has 0 spiro atoms. The Balaban J connectivity index is 4.38. The molecule has 0 aliphatic carbocycles. The van der Waals surface area contributed by atoms with Gasteiger partial charge in [0.15, 0.2) is 9.84 Å². The molecule has 3 nitrogen and oxygen atoms in total. The van der Waals surface area contributed by atoms with Crippen LogP contribution in [0, 0.1) is 5.92 Å². The molecule has 0 aromatic carbocycles. The summed E-state index contributed by atoms with van der Waals surface area (Å²) in [6.45, 7) is 3.94. The molecule has 10 heavy (non-hydrogen) atoms. The second kappa shape index (κ2) is 3.34. The van der Waals surface area contributed by atoms with Crippen LogP contribution >= 0.6 is 0 Å². The van der Waals surface area contributed by atoms with Crippen LogP contribution in [0.3, 0.4) is 0 Å². The van der Waals surface area contributed by atoms with E-state index in [1.165, 1.54) is 6.26 Å². The molecule has 62 valence electrons. The minimum Gasteiger partial charge on any atom is -0.329 e. The fourth-order valence-electron chi connectivity index (χ4n) is 0.941. The Labute approximate surface area is 62.5 Å². The molecule has 0 rings (SSSR count). The van der Waals surface area contributed by atoms with E-state index in [0.29, 0.717) is 0 Å². The molecule has 0 radical (unpaired) electrons. The highest BCUT2D eigenvalue weighted by Crippen LogP contribution is 2.08. The van der Waals surface area contributed by atoms with E-state index in [4.69, 9.17) is 5.73 Å². The average molecular weight is 165 g/mol. The van der Waals surface area contributed by atoms with E-state index in [1.54, 1.807) is 0 Å². The van der Waals surface area contributed by atoms with Gasteiger partial charge in [-0.2, -0.15) is 0 Å². The molecule has 0 fully saturated rings. The van der Waals surface area contributed by atoms with Gasteiger partial charge in [-0.1, -0.05) is 13.8 Å². The van der Waals surface area contributed by atoms with Gasteiger partial charge in [-0.05, 0) is 5.92 Å². The topological polar surface area (TPSA) is 60.2 Å². The van der Waals surface area contributed by atoms with Crippen molar-refractivity contribution in [3.8, 4) is 0 Å². The smallest absolute Gasteiger partial charge is 0.151 e. The van der Waals surface area contributed by atoms with Crippen molar-refractivity contribution in [2.45, 2.75) is 19.1 Å². The highest BCUT2D eigenvalue weighted by molar-refractivity contribution is 7.91. The predicted molar refractivity (Wildman–Crippen MR) is 42.5 cm³/mol. The highest BCUT2D eigenvalue weighted by Gasteiger charge is 2.21. The summed E-state index contributed by atoms with van der Waals surface area (Å²) in [7, 11) is -2.94. The summed E-state index contributed by atoms with van der Waals surface area (Å²) in [4.78, 5) is 0. The van der Waals surface area contributed by atoms with Crippen molar-refractivity contribution < 1.29 is 8.42 Å². The number of sulfone groups is 1. The van der Waals surface area contributed by atoms with Crippen molar-refractivity contribution in [3.05, 3.63) is 0 Å². The van der Waals surface area contributed by atoms with Crippen molar-refractivity contribution in [2.24, 2.45) is 11.7 Å². The molecule has 2 N–H and O–H groups in total. The third kappa shape index (κ3) is 2.66. The predicted octanol–water partition coefficient (Wildman–Crippen LogP) is 0.0143. The summed E-state index contributed by atoms with van der Waals surface area (Å²) in [6.07, 6.45) is 1.23. The molecule has 0 aliphatic heterocycles. The first-order valence-electron chi connectivity index (χ1n) is 3.28. The molecule has 0 saturated heterocycles. The molecular weight excluding hydrogens is 150 g/mol. The molecule has 0 saturated carbocycles. The van der Waals surface area contributed by atoms with Gasteiger partial charge in [-0.15, -0.1) is 0 Å². The van der Waals surface area contributed by atoms with Gasteiger partial charge < -0.3 is 5.73 Å². The molecule has 1 unspecified atom stereocenters. The maximum absolute atomic E-state index is 10.9. The summed E-state index contributed by atoms with van der Waals surface area (Å²) in [5.74, 6) is 0.111. The molecule has 0 aromatic heterocycles. The quantitative estimate of drug-likeness (QED) is 0.641. The van der Waals surface area contributed by atoms with Crippen LogP contribution in [0.4, 0.5) is 0 Å². The molecule has 4 heteroatoms. The zero-order valence-electron chi connectivity index (χ0n) is 6.66. The van der Waals surface area contributed by atoms with Crippen molar-refractivity contribution >= 4 is 9.84 Å². The Hall–Kier alpha value is -0.0900. The molecule has 1 atom stereocenters. The van der Waals surface area contributed by atoms with Crippen LogP contribution in [0.25, 0.3) is 0 Å². The molecular formula is C6H15NO2S. The summed E-state index contributed by atoms with van der Waals surface area (Å²) in [5.41, 5.74) is 5.28. The summed E-state index contributed by atoms with van der Waals surface area (Å²) >= 11 is 0. The summed E-state index contributed by atoms with van der Waals surface area (Å²) in [6, 6.07) is 0. The van der Waals surface area contributed by atoms with Crippen LogP contribution in [0.15, 0.2) is 0 Å². The van der Waals surface area contributed by atoms with Crippen LogP contribution < -0.4 is 5.73 Å². The summed E-state index contributed by atoms with van der Waals surface area (Å²) in [5, 5.41) is -0.382. The van der Waals surface area contributed by atoms with E-state index >= 15 is 0 Å². The van der Waals surface area contributed by atoms with E-state index in [-0.39, 0.29) is 17.7 Å². The minimum atomic E-state index is -2.94. The SMILES string of the molecule is CC(C)C(CN)S(C)(=O)=O. The maximum Gasteiger partial charge on any atom is 0.151 e. The monoisotopic (exact) mass is 165 g/mol. The van der Waals surface area contributed by atoms with Gasteiger partial charge in [0.2, 0.25) is 0 Å². The first-order chi connectivity index (χ1) is 4.39. The molecule has 0 heterocycles. The van der Waals surface area contributed by atoms with Crippen LogP contribution in [0.5, 0.6) is 0 Å². The Kier molecular flexibility index (Phi) is 3.31. The second-order valence-electron chi connectivity index (χ2n) is 2.85. The lowest BCUT2D eigenvalue weighted by molar-refractivity contribution is 0.538. The molecule has 0 amide bonds. The van der Waals surface area contributed by atoms with E-state index in [9.17, 15) is 8.42 Å². The van der Waals surface area contributed by atoms with Crippen LogP contribution in [-0.4, -0.2) is 26.5 Å². The standard InChI is InChI=1S/C6H15NO2S/c1-5(2)6(4-7)10(3,8)9/h5-6H,4,7H2,1-3H3. The number of rotatable bonds is 3. The first-order valence-corrected chi connectivity index (χ1v) is 5.24. The van der Waals surface area contributed by atoms with Gasteiger partial charge in [-0.25, -0.2) is 8.42 Å². The van der Waals surface area contributed by atoms with Crippen LogP contribution in [-0.2, 0) is 9.84 Å². The molecule has 0 aliphatic rings. The van der Waals surface area contributed by atoms with Gasteiger partial charge in [0.25, 0.3) is 0 Å². The number of hydrogen-bond acceptors (Lipinski definition) is 3. The Morgan fingerprint density at radius 1 is 1.40 bits per heavy atom. The lowest BCUT2D eigenvalue weighted by atomic mass is 10.1. The van der Waals surface area contributed by atoms with Gasteiger partial charge in [-0.3, -0.25) is 0 Å². The highest BCUT2D eigenvalue weighted by atomic mass is 32.2. The number of nitrogens with two attached hydrogens (primary N) is 1. The molecule has 0 aromatic rings. The van der Waals surface area contributed by atoms with Crippen molar-refractivity contribution in [1.82, 2.24) is 0 Å². The van der Waals surface area contributed by atoms with Crippen molar-refractivity contribution in [3.63, 3.8) is 0 Å². The Morgan fingerprint density at radius 2 is 1.80 bits per heavy atom. The van der Waals surface area contributed by atoms with E-state index in [0.717, 1.165) is 0 Å². The van der Waals surface area contributed by atoms with Gasteiger partial charge in [0.1, 0.15) is 0 Å². The van der Waals surface area contributed by atoms with E-state index in [1.807, 2.05) is 13.8 Å². The van der Waals surface area contributed by atoms with Crippen LogP contribution in [0.2, 0.25) is 0 Å². The van der Waals surface area contributed by atoms with E-state index in [2.05, 4.69) is 0 Å². The van der Waals surface area contributed by atoms with Crippen LogP contribution in [0.1, 0.15) is 13.8 Å². The summed E-state index contributed by atoms with van der Waals surface area (Å²) < 4.78 is 21.8. The second-order valence-corrected chi connectivity index (χ2v) is 5.11. The Morgan fingerprint density at radius 3 is 1.80 bits per heavy atom. The van der Waals surface area contributed by atoms with Gasteiger partial charge in [0.05, 0.1) is 5.25 Å². The maximum atomic E-state index is 10.9. The zero-order valence-corrected chi connectivity index (χ0v) is 7.48. The van der Waals surface area contributed by atoms with Crippen molar-refractivity contribution in [1.29, 1.82) is 0 Å². The van der Waals surface area contributed by atoms with Gasteiger partial charge in [0, 0.05) is 12.8 Å². The Bertz CT molecular complexity index is 184. The third-order valence-electron chi connectivity index (χ3n) is 1.53. The van der Waals surface area contributed by atoms with Gasteiger partial charge >= 0.3 is 0 Å². The lowest BCUT2D eigenvalue weighted by Gasteiger charge is -2.15. The molecule has 0 bridgehead atoms. The van der Waals surface area contributed by atoms with E-state index < -0.39 is 9.84 Å². The fraction of sp³-hybridized carbons (Fsp3) is 1.00. The third-order valence-corrected chi connectivity index (χ3v) is 3.36. The largest absolute Gasteiger partial charge is 0.329 e. The average Bonchev–Trinajstić information content (AvgIpc) is 1.60. The lowest BCUT2D eigenvalue weighted by Crippen LogP contribution is -2.33. The zero-order chi connectivity index (χ0) is 8.36.